The fourth-order valence-corrected chi connectivity index (χ4v) is 3.02. The molecule has 0 bridgehead atoms. The summed E-state index contributed by atoms with van der Waals surface area (Å²) in [6, 6.07) is 8.72. The van der Waals surface area contributed by atoms with Crippen LogP contribution in [0, 0.1) is 5.92 Å². The van der Waals surface area contributed by atoms with Gasteiger partial charge in [0.2, 0.25) is 0 Å². The van der Waals surface area contributed by atoms with Gasteiger partial charge in [-0.05, 0) is 55.5 Å². The van der Waals surface area contributed by atoms with Gasteiger partial charge in [0.25, 0.3) is 0 Å². The van der Waals surface area contributed by atoms with Gasteiger partial charge in [-0.3, -0.25) is 0 Å². The largest absolute Gasteiger partial charge is 0.494 e. The molecule has 1 aromatic carbocycles. The van der Waals surface area contributed by atoms with E-state index >= 15 is 0 Å². The van der Waals surface area contributed by atoms with Crippen LogP contribution in [-0.4, -0.2) is 31.6 Å². The molecular weight excluding hydrogens is 234 g/mol. The minimum atomic E-state index is 0.276. The molecule has 2 rings (SSSR count). The zero-order valence-corrected chi connectivity index (χ0v) is 12.8. The van der Waals surface area contributed by atoms with Crippen LogP contribution in [0.5, 0.6) is 5.75 Å². The van der Waals surface area contributed by atoms with Gasteiger partial charge in [0, 0.05) is 6.54 Å². The first-order valence-electron chi connectivity index (χ1n) is 7.48. The highest BCUT2D eigenvalue weighted by atomic mass is 16.5. The Hall–Kier alpha value is -1.02. The Labute approximate surface area is 117 Å². The van der Waals surface area contributed by atoms with Crippen LogP contribution in [0.25, 0.3) is 0 Å². The molecule has 1 heterocycles. The average Bonchev–Trinajstić information content (AvgIpc) is 2.41. The van der Waals surface area contributed by atoms with Crippen molar-refractivity contribution >= 4 is 0 Å². The SMILES string of the molecule is CCCOc1cccc([C@]2(C)CCN(C)C[C@@H]2C)c1. The predicted octanol–water partition coefficient (Wildman–Crippen LogP) is 3.70. The Morgan fingerprint density at radius 1 is 1.42 bits per heavy atom. The van der Waals surface area contributed by atoms with Gasteiger partial charge in [-0.25, -0.2) is 0 Å². The molecule has 0 amide bonds. The Morgan fingerprint density at radius 2 is 2.21 bits per heavy atom. The second kappa shape index (κ2) is 5.96. The van der Waals surface area contributed by atoms with Gasteiger partial charge in [-0.1, -0.05) is 32.9 Å². The fraction of sp³-hybridized carbons (Fsp3) is 0.647. The number of rotatable bonds is 4. The molecule has 0 unspecified atom stereocenters. The zero-order chi connectivity index (χ0) is 13.9. The van der Waals surface area contributed by atoms with E-state index in [1.54, 1.807) is 0 Å². The van der Waals surface area contributed by atoms with Crippen LogP contribution in [0.1, 0.15) is 39.2 Å². The third-order valence-corrected chi connectivity index (χ3v) is 4.65. The lowest BCUT2D eigenvalue weighted by Crippen LogP contribution is -2.45. The van der Waals surface area contributed by atoms with Crippen LogP contribution in [0.4, 0.5) is 0 Å². The van der Waals surface area contributed by atoms with Crippen molar-refractivity contribution in [3.8, 4) is 5.75 Å². The van der Waals surface area contributed by atoms with E-state index in [0.29, 0.717) is 5.92 Å². The van der Waals surface area contributed by atoms with Crippen molar-refractivity contribution in [2.24, 2.45) is 5.92 Å². The molecule has 0 radical (unpaired) electrons. The summed E-state index contributed by atoms with van der Waals surface area (Å²) < 4.78 is 5.78. The summed E-state index contributed by atoms with van der Waals surface area (Å²) in [6.07, 6.45) is 2.28. The Kier molecular flexibility index (Phi) is 4.51. The normalized spacial score (nSPS) is 28.3. The number of hydrogen-bond donors (Lipinski definition) is 0. The van der Waals surface area contributed by atoms with Crippen molar-refractivity contribution in [3.05, 3.63) is 29.8 Å². The van der Waals surface area contributed by atoms with Crippen molar-refractivity contribution in [1.29, 1.82) is 0 Å². The number of piperidine rings is 1. The van der Waals surface area contributed by atoms with Crippen LogP contribution < -0.4 is 4.74 Å². The Bertz CT molecular complexity index is 417. The molecule has 1 aromatic rings. The molecule has 0 aliphatic carbocycles. The number of hydrogen-bond acceptors (Lipinski definition) is 2. The lowest BCUT2D eigenvalue weighted by Gasteiger charge is -2.44. The molecule has 1 saturated heterocycles. The maximum Gasteiger partial charge on any atom is 0.119 e. The molecule has 1 aliphatic heterocycles. The molecule has 2 atom stereocenters. The molecule has 2 nitrogen and oxygen atoms in total. The van der Waals surface area contributed by atoms with Gasteiger partial charge in [0.1, 0.15) is 5.75 Å². The van der Waals surface area contributed by atoms with E-state index in [4.69, 9.17) is 4.74 Å². The summed E-state index contributed by atoms with van der Waals surface area (Å²) in [7, 11) is 2.22. The first-order valence-corrected chi connectivity index (χ1v) is 7.48. The molecule has 0 N–H and O–H groups in total. The lowest BCUT2D eigenvalue weighted by atomic mass is 9.68. The van der Waals surface area contributed by atoms with Crippen LogP contribution in [0.3, 0.4) is 0 Å². The van der Waals surface area contributed by atoms with Crippen LogP contribution >= 0.6 is 0 Å². The van der Waals surface area contributed by atoms with Crippen molar-refractivity contribution in [2.75, 3.05) is 26.7 Å². The average molecular weight is 261 g/mol. The third-order valence-electron chi connectivity index (χ3n) is 4.65. The number of benzene rings is 1. The minimum Gasteiger partial charge on any atom is -0.494 e. The second-order valence-corrected chi connectivity index (χ2v) is 6.21. The van der Waals surface area contributed by atoms with Crippen LogP contribution in [0.15, 0.2) is 24.3 Å². The Morgan fingerprint density at radius 3 is 2.89 bits per heavy atom. The molecular formula is C17H27NO. The minimum absolute atomic E-state index is 0.276. The summed E-state index contributed by atoms with van der Waals surface area (Å²) in [5, 5.41) is 0. The van der Waals surface area contributed by atoms with E-state index < -0.39 is 0 Å². The standard InChI is InChI=1S/C17H27NO/c1-5-11-19-16-8-6-7-15(12-16)17(3)9-10-18(4)13-14(17)2/h6-8,12,14H,5,9-11,13H2,1-4H3/t14-,17+/m0/s1. The molecule has 2 heteroatoms. The van der Waals surface area contributed by atoms with E-state index in [9.17, 15) is 0 Å². The molecule has 1 aliphatic rings. The van der Waals surface area contributed by atoms with E-state index in [1.165, 1.54) is 25.1 Å². The number of nitrogens with zero attached hydrogens (tertiary/aromatic N) is 1. The smallest absolute Gasteiger partial charge is 0.119 e. The molecule has 0 saturated carbocycles. The first-order chi connectivity index (χ1) is 9.06. The first kappa shape index (κ1) is 14.4. The highest BCUT2D eigenvalue weighted by Crippen LogP contribution is 2.39. The van der Waals surface area contributed by atoms with E-state index in [1.807, 2.05) is 0 Å². The van der Waals surface area contributed by atoms with E-state index in [0.717, 1.165) is 18.8 Å². The maximum absolute atomic E-state index is 5.78. The van der Waals surface area contributed by atoms with Crippen molar-refractivity contribution < 1.29 is 4.74 Å². The number of ether oxygens (including phenoxy) is 1. The summed E-state index contributed by atoms with van der Waals surface area (Å²) in [4.78, 5) is 2.43. The van der Waals surface area contributed by atoms with Crippen molar-refractivity contribution in [3.63, 3.8) is 0 Å². The van der Waals surface area contributed by atoms with Gasteiger partial charge in [-0.15, -0.1) is 0 Å². The summed E-state index contributed by atoms with van der Waals surface area (Å²) in [5.74, 6) is 1.69. The van der Waals surface area contributed by atoms with Gasteiger partial charge in [0.05, 0.1) is 6.61 Å². The zero-order valence-electron chi connectivity index (χ0n) is 12.8. The van der Waals surface area contributed by atoms with Crippen LogP contribution in [-0.2, 0) is 5.41 Å². The van der Waals surface area contributed by atoms with Crippen LogP contribution in [0.2, 0.25) is 0 Å². The van der Waals surface area contributed by atoms with Crippen molar-refractivity contribution in [1.82, 2.24) is 4.90 Å². The second-order valence-electron chi connectivity index (χ2n) is 6.21. The highest BCUT2D eigenvalue weighted by Gasteiger charge is 2.37. The predicted molar refractivity (Wildman–Crippen MR) is 80.9 cm³/mol. The highest BCUT2D eigenvalue weighted by molar-refractivity contribution is 5.34. The molecule has 1 fully saturated rings. The molecule has 0 aromatic heterocycles. The van der Waals surface area contributed by atoms with Gasteiger partial charge in [0.15, 0.2) is 0 Å². The van der Waals surface area contributed by atoms with Crippen molar-refractivity contribution in [2.45, 2.75) is 39.0 Å². The van der Waals surface area contributed by atoms with Gasteiger partial charge < -0.3 is 9.64 Å². The van der Waals surface area contributed by atoms with Gasteiger partial charge >= 0.3 is 0 Å². The number of likely N-dealkylation sites (tertiary alicyclic amines) is 1. The molecule has 0 spiro atoms. The summed E-state index contributed by atoms with van der Waals surface area (Å²) in [6.45, 7) is 10.1. The summed E-state index contributed by atoms with van der Waals surface area (Å²) >= 11 is 0. The molecule has 19 heavy (non-hydrogen) atoms. The topological polar surface area (TPSA) is 12.5 Å². The molecule has 106 valence electrons. The van der Waals surface area contributed by atoms with E-state index in [2.05, 4.69) is 57.0 Å². The summed E-state index contributed by atoms with van der Waals surface area (Å²) in [5.41, 5.74) is 1.71. The fourth-order valence-electron chi connectivity index (χ4n) is 3.02. The quantitative estimate of drug-likeness (QED) is 0.819. The Balaban J connectivity index is 2.20. The lowest BCUT2D eigenvalue weighted by molar-refractivity contribution is 0.133. The monoisotopic (exact) mass is 261 g/mol. The van der Waals surface area contributed by atoms with E-state index in [-0.39, 0.29) is 5.41 Å². The van der Waals surface area contributed by atoms with Gasteiger partial charge in [-0.2, -0.15) is 0 Å². The maximum atomic E-state index is 5.78. The third kappa shape index (κ3) is 3.11.